The smallest absolute Gasteiger partial charge is 0.255 e. The molecule has 0 saturated heterocycles. The van der Waals surface area contributed by atoms with E-state index in [0.29, 0.717) is 11.6 Å². The van der Waals surface area contributed by atoms with Gasteiger partial charge in [0.05, 0.1) is 10.6 Å². The highest BCUT2D eigenvalue weighted by atomic mass is 32.2. The first kappa shape index (κ1) is 13.4. The number of benzene rings is 2. The molecule has 1 fully saturated rings. The number of nitrogens with zero attached hydrogens (tertiary/aromatic N) is 2. The van der Waals surface area contributed by atoms with Gasteiger partial charge in [0.1, 0.15) is 6.34 Å². The van der Waals surface area contributed by atoms with Crippen LogP contribution in [0.4, 0.5) is 11.4 Å². The van der Waals surface area contributed by atoms with Crippen molar-refractivity contribution in [1.82, 2.24) is 0 Å². The van der Waals surface area contributed by atoms with Crippen molar-refractivity contribution in [2.24, 2.45) is 4.40 Å². The van der Waals surface area contributed by atoms with Crippen molar-refractivity contribution in [3.63, 3.8) is 0 Å². The van der Waals surface area contributed by atoms with Crippen LogP contribution in [0.1, 0.15) is 23.2 Å². The van der Waals surface area contributed by atoms with Gasteiger partial charge in [0.25, 0.3) is 5.91 Å². The van der Waals surface area contributed by atoms with Gasteiger partial charge in [-0.25, -0.2) is 4.40 Å². The van der Waals surface area contributed by atoms with Gasteiger partial charge in [0, 0.05) is 29.2 Å². The van der Waals surface area contributed by atoms with Gasteiger partial charge in [-0.3, -0.25) is 4.79 Å². The summed E-state index contributed by atoms with van der Waals surface area (Å²) in [6.07, 6.45) is 4.33. The lowest BCUT2D eigenvalue weighted by molar-refractivity contribution is 0.102. The SMILES string of the molecule is O=C(Nc1ccccc1)c1ccc2c(c1)SN=CN2C1CC1. The molecule has 0 aromatic heterocycles. The fourth-order valence-electron chi connectivity index (χ4n) is 2.50. The molecule has 1 aliphatic heterocycles. The number of amides is 1. The van der Waals surface area contributed by atoms with E-state index in [-0.39, 0.29) is 5.91 Å². The second-order valence-electron chi connectivity index (χ2n) is 5.45. The van der Waals surface area contributed by atoms with Gasteiger partial charge in [-0.05, 0) is 43.2 Å². The summed E-state index contributed by atoms with van der Waals surface area (Å²) in [5.74, 6) is -0.0953. The summed E-state index contributed by atoms with van der Waals surface area (Å²) in [4.78, 5) is 15.6. The molecule has 110 valence electrons. The summed E-state index contributed by atoms with van der Waals surface area (Å²) in [6.45, 7) is 0. The fourth-order valence-corrected chi connectivity index (χ4v) is 3.21. The van der Waals surface area contributed by atoms with Crippen LogP contribution in [-0.2, 0) is 0 Å². The Morgan fingerprint density at radius 2 is 2.00 bits per heavy atom. The molecule has 1 aliphatic carbocycles. The van der Waals surface area contributed by atoms with E-state index in [0.717, 1.165) is 16.3 Å². The lowest BCUT2D eigenvalue weighted by Crippen LogP contribution is -2.25. The summed E-state index contributed by atoms with van der Waals surface area (Å²) >= 11 is 1.42. The van der Waals surface area contributed by atoms with Crippen molar-refractivity contribution >= 4 is 35.6 Å². The van der Waals surface area contributed by atoms with Crippen LogP contribution < -0.4 is 10.2 Å². The first-order valence-corrected chi connectivity index (χ1v) is 8.08. The zero-order chi connectivity index (χ0) is 14.9. The lowest BCUT2D eigenvalue weighted by Gasteiger charge is -2.24. The number of anilines is 2. The highest BCUT2D eigenvalue weighted by Gasteiger charge is 2.31. The van der Waals surface area contributed by atoms with Crippen LogP contribution >= 0.6 is 11.9 Å². The topological polar surface area (TPSA) is 44.7 Å². The minimum absolute atomic E-state index is 0.0953. The Morgan fingerprint density at radius 1 is 1.18 bits per heavy atom. The number of hydrogen-bond acceptors (Lipinski definition) is 4. The normalized spacial score (nSPS) is 16.3. The second-order valence-corrected chi connectivity index (χ2v) is 6.29. The first-order chi connectivity index (χ1) is 10.8. The molecule has 0 bridgehead atoms. The van der Waals surface area contributed by atoms with E-state index in [4.69, 9.17) is 0 Å². The summed E-state index contributed by atoms with van der Waals surface area (Å²) in [6, 6.07) is 15.9. The number of para-hydroxylation sites is 1. The molecule has 22 heavy (non-hydrogen) atoms. The molecule has 0 spiro atoms. The molecular weight excluding hydrogens is 294 g/mol. The van der Waals surface area contributed by atoms with Crippen LogP contribution in [0.3, 0.4) is 0 Å². The zero-order valence-electron chi connectivity index (χ0n) is 11.9. The summed E-state index contributed by atoms with van der Waals surface area (Å²) < 4.78 is 4.33. The number of hydrogen-bond donors (Lipinski definition) is 1. The van der Waals surface area contributed by atoms with Crippen LogP contribution in [0.5, 0.6) is 0 Å². The van der Waals surface area contributed by atoms with Gasteiger partial charge >= 0.3 is 0 Å². The Balaban J connectivity index is 1.58. The Labute approximate surface area is 133 Å². The molecule has 0 atom stereocenters. The minimum atomic E-state index is -0.0953. The molecule has 4 rings (SSSR count). The third-order valence-electron chi connectivity index (χ3n) is 3.79. The van der Waals surface area contributed by atoms with E-state index in [2.05, 4.69) is 14.6 Å². The van der Waals surface area contributed by atoms with E-state index in [1.54, 1.807) is 0 Å². The van der Waals surface area contributed by atoms with Crippen LogP contribution in [0.2, 0.25) is 0 Å². The van der Waals surface area contributed by atoms with Crippen molar-refractivity contribution < 1.29 is 4.79 Å². The maximum atomic E-state index is 12.4. The number of carbonyl (C=O) groups is 1. The molecule has 4 nitrogen and oxygen atoms in total. The molecule has 2 aromatic rings. The molecule has 1 saturated carbocycles. The van der Waals surface area contributed by atoms with Crippen molar-refractivity contribution in [3.05, 3.63) is 54.1 Å². The second kappa shape index (κ2) is 5.50. The highest BCUT2D eigenvalue weighted by molar-refractivity contribution is 7.98. The number of fused-ring (bicyclic) bond motifs is 1. The monoisotopic (exact) mass is 309 g/mol. The first-order valence-electron chi connectivity index (χ1n) is 7.30. The van der Waals surface area contributed by atoms with E-state index in [1.807, 2.05) is 54.9 Å². The van der Waals surface area contributed by atoms with E-state index in [1.165, 1.54) is 24.8 Å². The van der Waals surface area contributed by atoms with Gasteiger partial charge in [0.15, 0.2) is 0 Å². The minimum Gasteiger partial charge on any atom is -0.328 e. The summed E-state index contributed by atoms with van der Waals surface area (Å²) in [5, 5.41) is 2.91. The van der Waals surface area contributed by atoms with Crippen molar-refractivity contribution in [3.8, 4) is 0 Å². The van der Waals surface area contributed by atoms with E-state index < -0.39 is 0 Å². The molecule has 2 aliphatic rings. The lowest BCUT2D eigenvalue weighted by atomic mass is 10.1. The molecule has 2 aromatic carbocycles. The molecule has 1 N–H and O–H groups in total. The van der Waals surface area contributed by atoms with Gasteiger partial charge in [-0.1, -0.05) is 18.2 Å². The maximum Gasteiger partial charge on any atom is 0.255 e. The number of rotatable bonds is 3. The van der Waals surface area contributed by atoms with Crippen LogP contribution in [0.15, 0.2) is 57.8 Å². The molecule has 0 unspecified atom stereocenters. The van der Waals surface area contributed by atoms with Crippen LogP contribution in [0, 0.1) is 0 Å². The third kappa shape index (κ3) is 2.60. The fraction of sp³-hybridized carbons (Fsp3) is 0.176. The predicted molar refractivity (Wildman–Crippen MR) is 90.7 cm³/mol. The highest BCUT2D eigenvalue weighted by Crippen LogP contribution is 2.40. The summed E-state index contributed by atoms with van der Waals surface area (Å²) in [5.41, 5.74) is 2.61. The Kier molecular flexibility index (Phi) is 3.35. The van der Waals surface area contributed by atoms with Crippen molar-refractivity contribution in [2.75, 3.05) is 10.2 Å². The van der Waals surface area contributed by atoms with Crippen LogP contribution in [0.25, 0.3) is 0 Å². The third-order valence-corrected chi connectivity index (χ3v) is 4.52. The van der Waals surface area contributed by atoms with E-state index in [9.17, 15) is 4.79 Å². The predicted octanol–water partition coefficient (Wildman–Crippen LogP) is 3.96. The number of carbonyl (C=O) groups excluding carboxylic acids is 1. The molecule has 5 heteroatoms. The van der Waals surface area contributed by atoms with Crippen molar-refractivity contribution in [1.29, 1.82) is 0 Å². The summed E-state index contributed by atoms with van der Waals surface area (Å²) in [7, 11) is 0. The Bertz CT molecular complexity index is 741. The standard InChI is InChI=1S/C17H15N3OS/c21-17(19-13-4-2-1-3-5-13)12-6-9-15-16(10-12)22-18-11-20(15)14-7-8-14/h1-6,9-11,14H,7-8H2,(H,19,21). The molecule has 1 heterocycles. The Hall–Kier alpha value is -2.27. The molecular formula is C17H15N3OS. The van der Waals surface area contributed by atoms with Crippen LogP contribution in [-0.4, -0.2) is 18.3 Å². The molecule has 1 amide bonds. The van der Waals surface area contributed by atoms with Crippen molar-refractivity contribution in [2.45, 2.75) is 23.8 Å². The largest absolute Gasteiger partial charge is 0.328 e. The van der Waals surface area contributed by atoms with Gasteiger partial charge < -0.3 is 10.2 Å². The average molecular weight is 309 g/mol. The van der Waals surface area contributed by atoms with Gasteiger partial charge in [-0.2, -0.15) is 0 Å². The molecule has 0 radical (unpaired) electrons. The van der Waals surface area contributed by atoms with Gasteiger partial charge in [0.2, 0.25) is 0 Å². The number of nitrogens with one attached hydrogen (secondary N) is 1. The zero-order valence-corrected chi connectivity index (χ0v) is 12.7. The Morgan fingerprint density at radius 3 is 2.77 bits per heavy atom. The maximum absolute atomic E-state index is 12.4. The van der Waals surface area contributed by atoms with Gasteiger partial charge in [-0.15, -0.1) is 0 Å². The van der Waals surface area contributed by atoms with E-state index >= 15 is 0 Å². The average Bonchev–Trinajstić information content (AvgIpc) is 3.39. The quantitative estimate of drug-likeness (QED) is 0.873.